The third-order valence-electron chi connectivity index (χ3n) is 5.21. The number of carbonyl (C=O) groups is 2. The van der Waals surface area contributed by atoms with E-state index in [2.05, 4.69) is 34.1 Å². The molecule has 0 spiro atoms. The summed E-state index contributed by atoms with van der Waals surface area (Å²) in [5.74, 6) is 0.629. The highest BCUT2D eigenvalue weighted by molar-refractivity contribution is 5.93. The van der Waals surface area contributed by atoms with E-state index in [4.69, 9.17) is 4.42 Å². The number of rotatable bonds is 6. The number of nitrogens with one attached hydrogen (secondary N) is 3. The normalized spacial score (nSPS) is 12.7. The van der Waals surface area contributed by atoms with Crippen LogP contribution in [0.2, 0.25) is 0 Å². The first kappa shape index (κ1) is 19.8. The van der Waals surface area contributed by atoms with E-state index in [0.29, 0.717) is 30.1 Å². The van der Waals surface area contributed by atoms with Crippen LogP contribution in [0.5, 0.6) is 0 Å². The van der Waals surface area contributed by atoms with Gasteiger partial charge < -0.3 is 20.4 Å². The molecule has 0 bridgehead atoms. The first-order valence-electron chi connectivity index (χ1n) is 10.2. The van der Waals surface area contributed by atoms with Crippen LogP contribution in [0.15, 0.2) is 65.3 Å². The molecule has 0 radical (unpaired) electrons. The first-order chi connectivity index (χ1) is 14.7. The van der Waals surface area contributed by atoms with Crippen molar-refractivity contribution in [2.45, 2.75) is 38.6 Å². The van der Waals surface area contributed by atoms with Gasteiger partial charge in [-0.15, -0.1) is 0 Å². The zero-order valence-electron chi connectivity index (χ0n) is 16.7. The van der Waals surface area contributed by atoms with Gasteiger partial charge in [-0.05, 0) is 78.8 Å². The Hall–Kier alpha value is -3.54. The van der Waals surface area contributed by atoms with Gasteiger partial charge in [0.1, 0.15) is 5.76 Å². The molecular formula is C24H25N3O3. The SMILES string of the molecule is O=C(Cc1ccc2c(c1)CCCC2)Nc1ccc(NC(=O)NCc2ccco2)cc1. The molecule has 1 aliphatic rings. The minimum Gasteiger partial charge on any atom is -0.467 e. The van der Waals surface area contributed by atoms with Crippen molar-refractivity contribution >= 4 is 23.3 Å². The molecule has 0 unspecified atom stereocenters. The number of urea groups is 1. The Morgan fingerprint density at radius 2 is 1.60 bits per heavy atom. The lowest BCUT2D eigenvalue weighted by Gasteiger charge is -2.16. The Morgan fingerprint density at radius 1 is 0.867 bits per heavy atom. The molecular weight excluding hydrogens is 378 g/mol. The number of aryl methyl sites for hydroxylation is 2. The van der Waals surface area contributed by atoms with Gasteiger partial charge in [-0.2, -0.15) is 0 Å². The quantitative estimate of drug-likeness (QED) is 0.560. The Bertz CT molecular complexity index is 1010. The lowest BCUT2D eigenvalue weighted by Crippen LogP contribution is -2.27. The van der Waals surface area contributed by atoms with Crippen molar-refractivity contribution in [2.24, 2.45) is 0 Å². The van der Waals surface area contributed by atoms with Crippen LogP contribution in [-0.2, 0) is 30.6 Å². The van der Waals surface area contributed by atoms with Crippen LogP contribution < -0.4 is 16.0 Å². The van der Waals surface area contributed by atoms with E-state index >= 15 is 0 Å². The fraction of sp³-hybridized carbons (Fsp3) is 0.250. The number of hydrogen-bond acceptors (Lipinski definition) is 3. The summed E-state index contributed by atoms with van der Waals surface area (Å²) < 4.78 is 5.17. The van der Waals surface area contributed by atoms with Crippen LogP contribution in [0, 0.1) is 0 Å². The zero-order valence-corrected chi connectivity index (χ0v) is 16.7. The van der Waals surface area contributed by atoms with Gasteiger partial charge in [0.25, 0.3) is 0 Å². The minimum absolute atomic E-state index is 0.0531. The highest BCUT2D eigenvalue weighted by atomic mass is 16.3. The predicted molar refractivity (Wildman–Crippen MR) is 116 cm³/mol. The summed E-state index contributed by atoms with van der Waals surface area (Å²) >= 11 is 0. The van der Waals surface area contributed by atoms with Gasteiger partial charge in [-0.1, -0.05) is 18.2 Å². The summed E-state index contributed by atoms with van der Waals surface area (Å²) in [4.78, 5) is 24.4. The van der Waals surface area contributed by atoms with Crippen molar-refractivity contribution in [3.05, 3.63) is 83.3 Å². The van der Waals surface area contributed by atoms with Gasteiger partial charge in [0.15, 0.2) is 0 Å². The second kappa shape index (κ2) is 9.31. The van der Waals surface area contributed by atoms with Crippen LogP contribution in [0.25, 0.3) is 0 Å². The number of anilines is 2. The number of hydrogen-bond donors (Lipinski definition) is 3. The van der Waals surface area contributed by atoms with E-state index in [1.165, 1.54) is 24.0 Å². The molecule has 0 fully saturated rings. The molecule has 2 aromatic carbocycles. The maximum atomic E-state index is 12.4. The fourth-order valence-electron chi connectivity index (χ4n) is 3.68. The molecule has 0 aliphatic heterocycles. The summed E-state index contributed by atoms with van der Waals surface area (Å²) in [5, 5.41) is 8.38. The van der Waals surface area contributed by atoms with Crippen molar-refractivity contribution in [3.8, 4) is 0 Å². The van der Waals surface area contributed by atoms with Crippen LogP contribution in [0.3, 0.4) is 0 Å². The zero-order chi connectivity index (χ0) is 20.8. The van der Waals surface area contributed by atoms with Crippen molar-refractivity contribution < 1.29 is 14.0 Å². The highest BCUT2D eigenvalue weighted by Gasteiger charge is 2.11. The molecule has 30 heavy (non-hydrogen) atoms. The molecule has 3 amide bonds. The Morgan fingerprint density at radius 3 is 2.33 bits per heavy atom. The minimum atomic E-state index is -0.324. The molecule has 1 heterocycles. The van der Waals surface area contributed by atoms with Gasteiger partial charge in [0, 0.05) is 11.4 Å². The Kier molecular flexibility index (Phi) is 6.13. The monoisotopic (exact) mass is 403 g/mol. The van der Waals surface area contributed by atoms with Gasteiger partial charge in [0.2, 0.25) is 5.91 Å². The van der Waals surface area contributed by atoms with Crippen molar-refractivity contribution in [3.63, 3.8) is 0 Å². The maximum Gasteiger partial charge on any atom is 0.319 e. The van der Waals surface area contributed by atoms with E-state index in [-0.39, 0.29) is 11.9 Å². The third kappa shape index (κ3) is 5.29. The molecule has 3 aromatic rings. The van der Waals surface area contributed by atoms with E-state index in [0.717, 1.165) is 18.4 Å². The topological polar surface area (TPSA) is 83.4 Å². The largest absolute Gasteiger partial charge is 0.467 e. The highest BCUT2D eigenvalue weighted by Crippen LogP contribution is 2.22. The molecule has 154 valence electrons. The number of benzene rings is 2. The van der Waals surface area contributed by atoms with Gasteiger partial charge in [0.05, 0.1) is 19.2 Å². The van der Waals surface area contributed by atoms with Crippen LogP contribution in [0.1, 0.15) is 35.3 Å². The Balaban J connectivity index is 1.26. The maximum absolute atomic E-state index is 12.4. The number of fused-ring (bicyclic) bond motifs is 1. The van der Waals surface area contributed by atoms with Gasteiger partial charge >= 0.3 is 6.03 Å². The summed E-state index contributed by atoms with van der Waals surface area (Å²) in [6.07, 6.45) is 6.64. The summed E-state index contributed by atoms with van der Waals surface area (Å²) in [6, 6.07) is 16.7. The second-order valence-corrected chi connectivity index (χ2v) is 7.50. The lowest BCUT2D eigenvalue weighted by molar-refractivity contribution is -0.115. The van der Waals surface area contributed by atoms with E-state index in [1.807, 2.05) is 0 Å². The van der Waals surface area contributed by atoms with Crippen molar-refractivity contribution in [1.82, 2.24) is 5.32 Å². The fourth-order valence-corrected chi connectivity index (χ4v) is 3.68. The second-order valence-electron chi connectivity index (χ2n) is 7.50. The van der Waals surface area contributed by atoms with Crippen LogP contribution in [-0.4, -0.2) is 11.9 Å². The molecule has 0 atom stereocenters. The number of amides is 3. The molecule has 6 nitrogen and oxygen atoms in total. The number of furan rings is 1. The first-order valence-corrected chi connectivity index (χ1v) is 10.2. The van der Waals surface area contributed by atoms with Crippen molar-refractivity contribution in [1.29, 1.82) is 0 Å². The molecule has 0 saturated heterocycles. The molecule has 1 aromatic heterocycles. The average Bonchev–Trinajstić information content (AvgIpc) is 3.27. The van der Waals surface area contributed by atoms with Crippen LogP contribution >= 0.6 is 0 Å². The summed E-state index contributed by atoms with van der Waals surface area (Å²) in [7, 11) is 0. The predicted octanol–water partition coefficient (Wildman–Crippen LogP) is 4.66. The standard InChI is InChI=1S/C24H25N3O3/c28-23(15-17-7-8-18-4-1-2-5-19(18)14-17)26-20-9-11-21(12-10-20)27-24(29)25-16-22-6-3-13-30-22/h3,6-14H,1-2,4-5,15-16H2,(H,26,28)(H2,25,27,29). The lowest BCUT2D eigenvalue weighted by atomic mass is 9.90. The molecule has 4 rings (SSSR count). The molecule has 1 aliphatic carbocycles. The summed E-state index contributed by atoms with van der Waals surface area (Å²) in [6.45, 7) is 0.315. The van der Waals surface area contributed by atoms with Crippen molar-refractivity contribution in [2.75, 3.05) is 10.6 Å². The van der Waals surface area contributed by atoms with Gasteiger partial charge in [-0.25, -0.2) is 4.79 Å². The molecule has 3 N–H and O–H groups in total. The summed E-state index contributed by atoms with van der Waals surface area (Å²) in [5.41, 5.74) is 5.17. The van der Waals surface area contributed by atoms with Crippen LogP contribution in [0.4, 0.5) is 16.2 Å². The van der Waals surface area contributed by atoms with E-state index < -0.39 is 0 Å². The smallest absolute Gasteiger partial charge is 0.319 e. The van der Waals surface area contributed by atoms with Gasteiger partial charge in [-0.3, -0.25) is 4.79 Å². The average molecular weight is 403 g/mol. The van der Waals surface area contributed by atoms with E-state index in [1.54, 1.807) is 42.7 Å². The Labute approximate surface area is 175 Å². The number of carbonyl (C=O) groups excluding carboxylic acids is 2. The third-order valence-corrected chi connectivity index (χ3v) is 5.21. The molecule has 6 heteroatoms. The van der Waals surface area contributed by atoms with E-state index in [9.17, 15) is 9.59 Å². The molecule has 0 saturated carbocycles.